The maximum atomic E-state index is 11.2. The van der Waals surface area contributed by atoms with Crippen LogP contribution in [-0.4, -0.2) is 22.2 Å². The summed E-state index contributed by atoms with van der Waals surface area (Å²) in [4.78, 5) is 22.5. The van der Waals surface area contributed by atoms with Crippen LogP contribution in [0.25, 0.3) is 11.1 Å². The summed E-state index contributed by atoms with van der Waals surface area (Å²) in [6, 6.07) is 35.3. The van der Waals surface area contributed by atoms with E-state index in [4.69, 9.17) is 9.47 Å². The zero-order valence-corrected chi connectivity index (χ0v) is 21.1. The highest BCUT2D eigenvalue weighted by atomic mass is 16.5. The number of benzene rings is 5. The monoisotopic (exact) mass is 526 g/mol. The molecule has 5 aromatic carbocycles. The van der Waals surface area contributed by atoms with Crippen LogP contribution in [0, 0.1) is 11.8 Å². The maximum Gasteiger partial charge on any atom is 0.335 e. The summed E-state index contributed by atoms with van der Waals surface area (Å²) in [6.45, 7) is 0. The van der Waals surface area contributed by atoms with E-state index in [2.05, 4.69) is 11.8 Å². The summed E-state index contributed by atoms with van der Waals surface area (Å²) < 4.78 is 12.2. The van der Waals surface area contributed by atoms with Crippen LogP contribution in [-0.2, 0) is 0 Å². The van der Waals surface area contributed by atoms with Crippen molar-refractivity contribution in [1.29, 1.82) is 0 Å². The Kier molecular flexibility index (Phi) is 7.57. The Morgan fingerprint density at radius 2 is 1.02 bits per heavy atom. The Balaban J connectivity index is 1.52. The number of hydrogen-bond acceptors (Lipinski definition) is 4. The molecule has 2 N–H and O–H groups in total. The highest BCUT2D eigenvalue weighted by molar-refractivity contribution is 5.88. The molecule has 0 unspecified atom stereocenters. The van der Waals surface area contributed by atoms with E-state index in [9.17, 15) is 19.8 Å². The summed E-state index contributed by atoms with van der Waals surface area (Å²) in [6.07, 6.45) is 0. The third-order valence-corrected chi connectivity index (χ3v) is 5.95. The Bertz CT molecular complexity index is 1650. The second-order valence-corrected chi connectivity index (χ2v) is 8.69. The van der Waals surface area contributed by atoms with Gasteiger partial charge in [-0.1, -0.05) is 60.4 Å². The lowest BCUT2D eigenvalue weighted by Gasteiger charge is -2.13. The molecule has 0 fully saturated rings. The molecular weight excluding hydrogens is 504 g/mol. The van der Waals surface area contributed by atoms with Gasteiger partial charge in [-0.05, 0) is 83.9 Å². The molecule has 194 valence electrons. The summed E-state index contributed by atoms with van der Waals surface area (Å²) in [7, 11) is 0. The van der Waals surface area contributed by atoms with Gasteiger partial charge in [-0.15, -0.1) is 0 Å². The zero-order valence-electron chi connectivity index (χ0n) is 21.1. The second kappa shape index (κ2) is 11.7. The lowest BCUT2D eigenvalue weighted by Crippen LogP contribution is -1.97. The van der Waals surface area contributed by atoms with Crippen LogP contribution >= 0.6 is 0 Å². The van der Waals surface area contributed by atoms with Gasteiger partial charge in [0.15, 0.2) is 0 Å². The molecule has 0 spiro atoms. The predicted octanol–water partition coefficient (Wildman–Crippen LogP) is 7.73. The third-order valence-electron chi connectivity index (χ3n) is 5.95. The zero-order chi connectivity index (χ0) is 27.9. The van der Waals surface area contributed by atoms with Gasteiger partial charge in [-0.2, -0.15) is 0 Å². The van der Waals surface area contributed by atoms with Crippen molar-refractivity contribution in [3.8, 4) is 46.0 Å². The molecule has 5 aromatic rings. The molecular formula is C34H22O6. The predicted molar refractivity (Wildman–Crippen MR) is 151 cm³/mol. The average molecular weight is 527 g/mol. The van der Waals surface area contributed by atoms with E-state index < -0.39 is 11.9 Å². The molecule has 0 saturated carbocycles. The van der Waals surface area contributed by atoms with Crippen LogP contribution < -0.4 is 9.47 Å². The first-order valence-electron chi connectivity index (χ1n) is 12.3. The summed E-state index contributed by atoms with van der Waals surface area (Å²) >= 11 is 0. The van der Waals surface area contributed by atoms with E-state index in [0.717, 1.165) is 16.7 Å². The van der Waals surface area contributed by atoms with Gasteiger partial charge in [0.1, 0.15) is 28.6 Å². The number of carbonyl (C=O) groups is 2. The minimum absolute atomic E-state index is 0.146. The molecule has 5 rings (SSSR count). The van der Waals surface area contributed by atoms with Crippen molar-refractivity contribution in [2.45, 2.75) is 0 Å². The fourth-order valence-corrected chi connectivity index (χ4v) is 3.93. The average Bonchev–Trinajstić information content (AvgIpc) is 2.98. The molecule has 0 heterocycles. The van der Waals surface area contributed by atoms with Gasteiger partial charge in [0, 0.05) is 5.56 Å². The summed E-state index contributed by atoms with van der Waals surface area (Å²) in [5.41, 5.74) is 3.66. The Hall–Kier alpha value is -5.80. The number of rotatable bonds is 7. The smallest absolute Gasteiger partial charge is 0.335 e. The van der Waals surface area contributed by atoms with Gasteiger partial charge < -0.3 is 19.7 Å². The topological polar surface area (TPSA) is 93.1 Å². The van der Waals surface area contributed by atoms with Crippen molar-refractivity contribution in [3.63, 3.8) is 0 Å². The van der Waals surface area contributed by atoms with Crippen molar-refractivity contribution in [2.75, 3.05) is 0 Å². The molecule has 0 aromatic heterocycles. The SMILES string of the molecule is O=C(O)c1ccc(Oc2cccc(Oc3ccc(C(=O)O)cc3)c2C#Cc2cccc(-c3ccccc3)c2)cc1. The number of ether oxygens (including phenoxy) is 2. The van der Waals surface area contributed by atoms with Gasteiger partial charge in [-0.3, -0.25) is 0 Å². The van der Waals surface area contributed by atoms with Gasteiger partial charge >= 0.3 is 11.9 Å². The fourth-order valence-electron chi connectivity index (χ4n) is 3.93. The fraction of sp³-hybridized carbons (Fsp3) is 0. The van der Waals surface area contributed by atoms with Crippen molar-refractivity contribution in [3.05, 3.63) is 144 Å². The number of carboxylic acids is 2. The number of hydrogen-bond donors (Lipinski definition) is 2. The van der Waals surface area contributed by atoms with Crippen LogP contribution in [0.4, 0.5) is 0 Å². The third kappa shape index (κ3) is 6.18. The highest BCUT2D eigenvalue weighted by Gasteiger charge is 2.13. The quantitative estimate of drug-likeness (QED) is 0.211. The minimum Gasteiger partial charge on any atom is -0.478 e. The van der Waals surface area contributed by atoms with Gasteiger partial charge in [0.2, 0.25) is 0 Å². The van der Waals surface area contributed by atoms with Crippen LogP contribution in [0.5, 0.6) is 23.0 Å². The van der Waals surface area contributed by atoms with Crippen LogP contribution in [0.3, 0.4) is 0 Å². The van der Waals surface area contributed by atoms with E-state index in [1.54, 1.807) is 42.5 Å². The molecule has 0 saturated heterocycles. The van der Waals surface area contributed by atoms with Gasteiger partial charge in [-0.25, -0.2) is 9.59 Å². The molecule has 0 bridgehead atoms. The Labute approximate surface area is 230 Å². The van der Waals surface area contributed by atoms with Crippen LogP contribution in [0.2, 0.25) is 0 Å². The molecule has 0 aliphatic rings. The van der Waals surface area contributed by atoms with Crippen molar-refractivity contribution in [1.82, 2.24) is 0 Å². The normalized spacial score (nSPS) is 10.2. The highest BCUT2D eigenvalue weighted by Crippen LogP contribution is 2.34. The van der Waals surface area contributed by atoms with E-state index >= 15 is 0 Å². The molecule has 0 aliphatic carbocycles. The van der Waals surface area contributed by atoms with Gasteiger partial charge in [0.05, 0.1) is 11.1 Å². The number of carboxylic acid groups (broad SMARTS) is 2. The first-order valence-corrected chi connectivity index (χ1v) is 12.3. The summed E-state index contributed by atoms with van der Waals surface area (Å²) in [5.74, 6) is 6.03. The standard InChI is InChI=1S/C34H22O6/c35-33(36)25-13-17-28(18-14-25)39-31-10-5-11-32(40-29-19-15-26(16-20-29)34(37)38)30(31)21-12-23-6-4-9-27(22-23)24-7-2-1-3-8-24/h1-11,13-20,22H,(H,35,36)(H,37,38). The van der Waals surface area contributed by atoms with Gasteiger partial charge in [0.25, 0.3) is 0 Å². The van der Waals surface area contributed by atoms with E-state index in [-0.39, 0.29) is 11.1 Å². The van der Waals surface area contributed by atoms with E-state index in [1.165, 1.54) is 24.3 Å². The van der Waals surface area contributed by atoms with E-state index in [0.29, 0.717) is 28.6 Å². The molecule has 0 aliphatic heterocycles. The largest absolute Gasteiger partial charge is 0.478 e. The molecule has 40 heavy (non-hydrogen) atoms. The van der Waals surface area contributed by atoms with Crippen LogP contribution in [0.15, 0.2) is 121 Å². The lowest BCUT2D eigenvalue weighted by molar-refractivity contribution is 0.0686. The van der Waals surface area contributed by atoms with Crippen molar-refractivity contribution >= 4 is 11.9 Å². The van der Waals surface area contributed by atoms with E-state index in [1.807, 2.05) is 54.6 Å². The molecule has 0 atom stereocenters. The summed E-state index contributed by atoms with van der Waals surface area (Å²) in [5, 5.41) is 18.4. The first kappa shape index (κ1) is 25.8. The van der Waals surface area contributed by atoms with Crippen LogP contribution in [0.1, 0.15) is 31.8 Å². The lowest BCUT2D eigenvalue weighted by atomic mass is 10.0. The minimum atomic E-state index is -1.03. The molecule has 0 radical (unpaired) electrons. The van der Waals surface area contributed by atoms with Crippen molar-refractivity contribution in [2.24, 2.45) is 0 Å². The molecule has 6 heteroatoms. The second-order valence-electron chi connectivity index (χ2n) is 8.69. The van der Waals surface area contributed by atoms with Crippen molar-refractivity contribution < 1.29 is 29.3 Å². The molecule has 0 amide bonds. The first-order chi connectivity index (χ1) is 19.5. The number of aromatic carboxylic acids is 2. The maximum absolute atomic E-state index is 11.2. The Morgan fingerprint density at radius 1 is 0.525 bits per heavy atom. The molecule has 6 nitrogen and oxygen atoms in total. The Morgan fingerprint density at radius 3 is 1.55 bits per heavy atom.